The number of carbonyl (C=O) groups is 2. The van der Waals surface area contributed by atoms with E-state index in [2.05, 4.69) is 5.32 Å². The number of benzene rings is 1. The first-order valence-electron chi connectivity index (χ1n) is 7.65. The largest absolute Gasteiger partial charge is 0.354 e. The molecule has 1 rings (SSSR count). The second-order valence-electron chi connectivity index (χ2n) is 6.07. The van der Waals surface area contributed by atoms with Crippen molar-refractivity contribution in [2.45, 2.75) is 38.6 Å². The van der Waals surface area contributed by atoms with Crippen LogP contribution in [0, 0.1) is 0 Å². The molecule has 2 amide bonds. The zero-order chi connectivity index (χ0) is 16.8. The van der Waals surface area contributed by atoms with Gasteiger partial charge in [-0.05, 0) is 37.5 Å². The van der Waals surface area contributed by atoms with Gasteiger partial charge in [-0.25, -0.2) is 0 Å². The average molecular weight is 342 g/mol. The van der Waals surface area contributed by atoms with E-state index in [1.807, 2.05) is 25.1 Å². The van der Waals surface area contributed by atoms with Crippen molar-refractivity contribution in [2.75, 3.05) is 20.6 Å². The van der Waals surface area contributed by atoms with E-state index in [9.17, 15) is 9.59 Å². The monoisotopic (exact) mass is 341 g/mol. The summed E-state index contributed by atoms with van der Waals surface area (Å²) in [6.45, 7) is 4.27. The van der Waals surface area contributed by atoms with Crippen molar-refractivity contribution in [3.8, 4) is 0 Å². The maximum absolute atomic E-state index is 12.0. The van der Waals surface area contributed by atoms with Crippen molar-refractivity contribution in [1.82, 2.24) is 10.2 Å². The van der Waals surface area contributed by atoms with Crippen LogP contribution in [-0.4, -0.2) is 42.9 Å². The van der Waals surface area contributed by atoms with Crippen LogP contribution in [0.15, 0.2) is 24.3 Å². The molecule has 1 aromatic rings. The fourth-order valence-electron chi connectivity index (χ4n) is 2.27. The number of carbonyl (C=O) groups excluding carboxylic acids is 2. The van der Waals surface area contributed by atoms with Crippen LogP contribution in [0.2, 0.25) is 0 Å². The van der Waals surface area contributed by atoms with Gasteiger partial charge in [-0.1, -0.05) is 25.5 Å². The molecular weight excluding hydrogens is 314 g/mol. The van der Waals surface area contributed by atoms with Crippen LogP contribution >= 0.6 is 12.4 Å². The lowest BCUT2D eigenvalue weighted by Crippen LogP contribution is -2.51. The molecule has 0 fully saturated rings. The summed E-state index contributed by atoms with van der Waals surface area (Å²) in [5, 5.41) is 2.87. The first kappa shape index (κ1) is 21.4. The zero-order valence-corrected chi connectivity index (χ0v) is 15.2. The molecule has 130 valence electrons. The van der Waals surface area contributed by atoms with Crippen molar-refractivity contribution in [3.63, 3.8) is 0 Å². The molecule has 5 nitrogen and oxygen atoms in total. The number of amides is 2. The second kappa shape index (κ2) is 9.53. The van der Waals surface area contributed by atoms with Crippen molar-refractivity contribution >= 4 is 24.2 Å². The van der Waals surface area contributed by atoms with Crippen LogP contribution in [0.4, 0.5) is 0 Å². The van der Waals surface area contributed by atoms with E-state index in [-0.39, 0.29) is 24.2 Å². The van der Waals surface area contributed by atoms with E-state index >= 15 is 0 Å². The maximum atomic E-state index is 12.0. The zero-order valence-electron chi connectivity index (χ0n) is 14.4. The average Bonchev–Trinajstić information content (AvgIpc) is 2.46. The first-order valence-corrected chi connectivity index (χ1v) is 7.65. The topological polar surface area (TPSA) is 75.4 Å². The van der Waals surface area contributed by atoms with Crippen LogP contribution in [0.5, 0.6) is 0 Å². The van der Waals surface area contributed by atoms with Crippen LogP contribution in [0.25, 0.3) is 0 Å². The van der Waals surface area contributed by atoms with Crippen molar-refractivity contribution < 1.29 is 9.59 Å². The Kier molecular flexibility index (Phi) is 8.87. The lowest BCUT2D eigenvalue weighted by molar-refractivity contribution is -0.126. The Morgan fingerprint density at radius 1 is 1.30 bits per heavy atom. The lowest BCUT2D eigenvalue weighted by Gasteiger charge is -2.22. The molecule has 3 N–H and O–H groups in total. The molecule has 0 spiro atoms. The molecule has 0 saturated heterocycles. The van der Waals surface area contributed by atoms with Gasteiger partial charge in [0.2, 0.25) is 5.91 Å². The number of nitrogens with two attached hydrogens (primary N) is 1. The number of hydrogen-bond acceptors (Lipinski definition) is 3. The van der Waals surface area contributed by atoms with Crippen LogP contribution in [0.3, 0.4) is 0 Å². The summed E-state index contributed by atoms with van der Waals surface area (Å²) in [6, 6.07) is 7.47. The summed E-state index contributed by atoms with van der Waals surface area (Å²) in [4.78, 5) is 25.5. The van der Waals surface area contributed by atoms with E-state index in [1.165, 1.54) is 0 Å². The Morgan fingerprint density at radius 2 is 1.96 bits per heavy atom. The molecule has 1 aromatic carbocycles. The smallest absolute Gasteiger partial charge is 0.253 e. The number of nitrogens with zero attached hydrogens (tertiary/aromatic N) is 1. The predicted octanol–water partition coefficient (Wildman–Crippen LogP) is 1.99. The van der Waals surface area contributed by atoms with Crippen LogP contribution < -0.4 is 11.1 Å². The molecule has 0 saturated carbocycles. The molecular formula is C17H28ClN3O2. The Bertz CT molecular complexity index is 530. The third kappa shape index (κ3) is 6.59. The molecule has 23 heavy (non-hydrogen) atoms. The second-order valence-corrected chi connectivity index (χ2v) is 6.07. The Balaban J connectivity index is 0.00000484. The molecule has 0 aromatic heterocycles. The van der Waals surface area contributed by atoms with Gasteiger partial charge in [0.25, 0.3) is 5.91 Å². The summed E-state index contributed by atoms with van der Waals surface area (Å²) in [6.07, 6.45) is 2.20. The van der Waals surface area contributed by atoms with Gasteiger partial charge >= 0.3 is 0 Å². The molecule has 0 bridgehead atoms. The van der Waals surface area contributed by atoms with E-state index < -0.39 is 5.54 Å². The van der Waals surface area contributed by atoms with Crippen LogP contribution in [-0.2, 0) is 11.2 Å². The lowest BCUT2D eigenvalue weighted by atomic mass is 9.96. The molecule has 1 atom stereocenters. The quantitative estimate of drug-likeness (QED) is 0.796. The Labute approximate surface area is 145 Å². The molecule has 6 heteroatoms. The SMILES string of the molecule is CCCC(C)(N)C(=O)NCCc1cccc(C(=O)N(C)C)c1.Cl. The summed E-state index contributed by atoms with van der Waals surface area (Å²) in [5.74, 6) is -0.154. The normalized spacial score (nSPS) is 12.7. The summed E-state index contributed by atoms with van der Waals surface area (Å²) in [5.41, 5.74) is 6.84. The van der Waals surface area contributed by atoms with Gasteiger partial charge in [0.1, 0.15) is 0 Å². The standard InChI is InChI=1S/C17H27N3O2.ClH/c1-5-10-17(2,18)16(22)19-11-9-13-7-6-8-14(12-13)15(21)20(3)4;/h6-8,12H,5,9-11,18H2,1-4H3,(H,19,22);1H. The number of rotatable bonds is 7. The highest BCUT2D eigenvalue weighted by molar-refractivity contribution is 5.94. The van der Waals surface area contributed by atoms with Crippen molar-refractivity contribution in [3.05, 3.63) is 35.4 Å². The summed E-state index contributed by atoms with van der Waals surface area (Å²) in [7, 11) is 3.45. The van der Waals surface area contributed by atoms with Gasteiger partial charge in [-0.3, -0.25) is 9.59 Å². The number of nitrogens with one attached hydrogen (secondary N) is 1. The summed E-state index contributed by atoms with van der Waals surface area (Å²) >= 11 is 0. The number of halogens is 1. The predicted molar refractivity (Wildman–Crippen MR) is 95.9 cm³/mol. The highest BCUT2D eigenvalue weighted by Gasteiger charge is 2.26. The minimum atomic E-state index is -0.822. The molecule has 0 radical (unpaired) electrons. The minimum Gasteiger partial charge on any atom is -0.354 e. The number of hydrogen-bond donors (Lipinski definition) is 2. The molecule has 1 unspecified atom stereocenters. The van der Waals surface area contributed by atoms with Gasteiger partial charge in [-0.2, -0.15) is 0 Å². The van der Waals surface area contributed by atoms with E-state index in [0.29, 0.717) is 24.9 Å². The minimum absolute atomic E-state index is 0. The highest BCUT2D eigenvalue weighted by Crippen LogP contribution is 2.10. The first-order chi connectivity index (χ1) is 10.3. The van der Waals surface area contributed by atoms with Gasteiger partial charge in [0, 0.05) is 26.2 Å². The van der Waals surface area contributed by atoms with Gasteiger partial charge in [-0.15, -0.1) is 12.4 Å². The summed E-state index contributed by atoms with van der Waals surface area (Å²) < 4.78 is 0. The third-order valence-corrected chi connectivity index (χ3v) is 3.57. The van der Waals surface area contributed by atoms with Crippen molar-refractivity contribution in [2.24, 2.45) is 5.73 Å². The molecule has 0 aliphatic rings. The van der Waals surface area contributed by atoms with Crippen molar-refractivity contribution in [1.29, 1.82) is 0 Å². The van der Waals surface area contributed by atoms with E-state index in [0.717, 1.165) is 12.0 Å². The van der Waals surface area contributed by atoms with Gasteiger partial charge < -0.3 is 16.0 Å². The molecule has 0 aliphatic carbocycles. The van der Waals surface area contributed by atoms with E-state index in [4.69, 9.17) is 5.73 Å². The van der Waals surface area contributed by atoms with Crippen LogP contribution in [0.1, 0.15) is 42.6 Å². The maximum Gasteiger partial charge on any atom is 0.253 e. The van der Waals surface area contributed by atoms with Gasteiger partial charge in [0.15, 0.2) is 0 Å². The fraction of sp³-hybridized carbons (Fsp3) is 0.529. The molecule has 0 aliphatic heterocycles. The van der Waals surface area contributed by atoms with E-state index in [1.54, 1.807) is 32.0 Å². The highest BCUT2D eigenvalue weighted by atomic mass is 35.5. The Morgan fingerprint density at radius 3 is 2.52 bits per heavy atom. The fourth-order valence-corrected chi connectivity index (χ4v) is 2.27. The Hall–Kier alpha value is -1.59. The third-order valence-electron chi connectivity index (χ3n) is 3.57. The molecule has 0 heterocycles. The van der Waals surface area contributed by atoms with Gasteiger partial charge in [0.05, 0.1) is 5.54 Å².